The zero-order chi connectivity index (χ0) is 14.6. The van der Waals surface area contributed by atoms with E-state index in [2.05, 4.69) is 4.90 Å². The molecule has 3 nitrogen and oxygen atoms in total. The van der Waals surface area contributed by atoms with Crippen LogP contribution in [0.3, 0.4) is 0 Å². The van der Waals surface area contributed by atoms with Gasteiger partial charge in [-0.15, -0.1) is 0 Å². The Hall–Kier alpha value is -0.640. The summed E-state index contributed by atoms with van der Waals surface area (Å²) in [6, 6.07) is 0.0263. The highest BCUT2D eigenvalue weighted by Gasteiger charge is 2.52. The second-order valence-electron chi connectivity index (χ2n) is 7.90. The van der Waals surface area contributed by atoms with Gasteiger partial charge in [-0.2, -0.15) is 0 Å². The highest BCUT2D eigenvalue weighted by atomic mass is 32.1. The van der Waals surface area contributed by atoms with E-state index in [9.17, 15) is 4.79 Å². The van der Waals surface area contributed by atoms with Crippen LogP contribution in [-0.2, 0) is 4.79 Å². The standard InChI is InChI=1S/C17H26N2OS/c18-16(21)14-3-1-2-4-19(14)17(20)15-12-6-10-5-11(8-12)9-13(15)7-10/h10-15H,1-9H2,(H2,18,21). The average Bonchev–Trinajstić information content (AvgIpc) is 2.46. The van der Waals surface area contributed by atoms with Crippen LogP contribution >= 0.6 is 12.2 Å². The van der Waals surface area contributed by atoms with Crippen LogP contribution in [0.1, 0.15) is 51.4 Å². The van der Waals surface area contributed by atoms with E-state index in [4.69, 9.17) is 18.0 Å². The summed E-state index contributed by atoms with van der Waals surface area (Å²) in [5.41, 5.74) is 5.91. The maximum atomic E-state index is 13.2. The Bertz CT molecular complexity index is 436. The molecule has 1 unspecified atom stereocenters. The number of nitrogens with two attached hydrogens (primary N) is 1. The van der Waals surface area contributed by atoms with E-state index in [1.807, 2.05) is 0 Å². The lowest BCUT2D eigenvalue weighted by Gasteiger charge is -2.55. The first-order valence-electron chi connectivity index (χ1n) is 8.73. The zero-order valence-corrected chi connectivity index (χ0v) is 13.5. The number of hydrogen-bond donors (Lipinski definition) is 1. The van der Waals surface area contributed by atoms with Gasteiger partial charge in [0.2, 0.25) is 5.91 Å². The van der Waals surface area contributed by atoms with Crippen LogP contribution in [0.4, 0.5) is 0 Å². The normalized spacial score (nSPS) is 44.9. The van der Waals surface area contributed by atoms with Crippen molar-refractivity contribution in [1.29, 1.82) is 0 Å². The minimum Gasteiger partial charge on any atom is -0.392 e. The summed E-state index contributed by atoms with van der Waals surface area (Å²) in [5.74, 6) is 3.83. The van der Waals surface area contributed by atoms with E-state index >= 15 is 0 Å². The van der Waals surface area contributed by atoms with Crippen molar-refractivity contribution in [3.8, 4) is 0 Å². The predicted molar refractivity (Wildman–Crippen MR) is 86.7 cm³/mol. The van der Waals surface area contributed by atoms with Gasteiger partial charge in [0, 0.05) is 12.5 Å². The van der Waals surface area contributed by atoms with Crippen molar-refractivity contribution in [3.05, 3.63) is 0 Å². The molecule has 0 aromatic heterocycles. The van der Waals surface area contributed by atoms with Crippen molar-refractivity contribution in [2.24, 2.45) is 35.3 Å². The smallest absolute Gasteiger partial charge is 0.226 e. The summed E-state index contributed by atoms with van der Waals surface area (Å²) in [6.45, 7) is 0.865. The van der Waals surface area contributed by atoms with Gasteiger partial charge in [-0.05, 0) is 75.0 Å². The number of carbonyl (C=O) groups excluding carboxylic acids is 1. The largest absolute Gasteiger partial charge is 0.392 e. The topological polar surface area (TPSA) is 46.3 Å². The van der Waals surface area contributed by atoms with Crippen LogP contribution in [0.5, 0.6) is 0 Å². The number of nitrogens with zero attached hydrogens (tertiary/aromatic N) is 1. The molecule has 116 valence electrons. The molecule has 21 heavy (non-hydrogen) atoms. The SMILES string of the molecule is NC(=S)C1CCCCN1C(=O)C1C2CC3CC(C2)CC1C3. The van der Waals surface area contributed by atoms with Crippen LogP contribution in [-0.4, -0.2) is 28.4 Å². The van der Waals surface area contributed by atoms with Gasteiger partial charge in [0.15, 0.2) is 0 Å². The summed E-state index contributed by atoms with van der Waals surface area (Å²) in [5, 5.41) is 0. The lowest BCUT2D eigenvalue weighted by Crippen LogP contribution is -2.57. The Morgan fingerprint density at radius 1 is 1.00 bits per heavy atom. The fraction of sp³-hybridized carbons (Fsp3) is 0.882. The van der Waals surface area contributed by atoms with Crippen LogP contribution in [0.2, 0.25) is 0 Å². The van der Waals surface area contributed by atoms with E-state index in [1.165, 1.54) is 32.1 Å². The molecule has 0 aromatic carbocycles. The zero-order valence-electron chi connectivity index (χ0n) is 12.7. The van der Waals surface area contributed by atoms with E-state index in [-0.39, 0.29) is 12.0 Å². The van der Waals surface area contributed by atoms with Gasteiger partial charge in [-0.25, -0.2) is 0 Å². The molecular formula is C17H26N2OS. The number of hydrogen-bond acceptors (Lipinski definition) is 2. The van der Waals surface area contributed by atoms with E-state index in [1.54, 1.807) is 0 Å². The Balaban J connectivity index is 1.55. The maximum Gasteiger partial charge on any atom is 0.226 e. The monoisotopic (exact) mass is 306 g/mol. The Morgan fingerprint density at radius 3 is 2.19 bits per heavy atom. The molecule has 1 atom stereocenters. The molecule has 4 saturated carbocycles. The third kappa shape index (κ3) is 2.30. The highest BCUT2D eigenvalue weighted by Crippen LogP contribution is 2.57. The third-order valence-corrected chi connectivity index (χ3v) is 6.90. The molecule has 5 rings (SSSR count). The predicted octanol–water partition coefficient (Wildman–Crippen LogP) is 2.73. The quantitative estimate of drug-likeness (QED) is 0.798. The fourth-order valence-corrected chi connectivity index (χ4v) is 6.26. The summed E-state index contributed by atoms with van der Waals surface area (Å²) in [4.78, 5) is 15.8. The molecule has 0 radical (unpaired) electrons. The van der Waals surface area contributed by atoms with Crippen molar-refractivity contribution >= 4 is 23.1 Å². The van der Waals surface area contributed by atoms with Crippen molar-refractivity contribution < 1.29 is 4.79 Å². The number of thiocarbonyl (C=S) groups is 1. The fourth-order valence-electron chi connectivity index (χ4n) is 6.01. The van der Waals surface area contributed by atoms with Gasteiger partial charge in [-0.3, -0.25) is 4.79 Å². The average molecular weight is 306 g/mol. The minimum atomic E-state index is 0.0263. The van der Waals surface area contributed by atoms with Crippen LogP contribution < -0.4 is 5.73 Å². The number of rotatable bonds is 2. The second kappa shape index (κ2) is 5.22. The minimum absolute atomic E-state index is 0.0263. The Morgan fingerprint density at radius 2 is 1.62 bits per heavy atom. The molecule has 4 aliphatic carbocycles. The summed E-state index contributed by atoms with van der Waals surface area (Å²) in [7, 11) is 0. The van der Waals surface area contributed by atoms with Crippen LogP contribution in [0, 0.1) is 29.6 Å². The van der Waals surface area contributed by atoms with Crippen molar-refractivity contribution in [3.63, 3.8) is 0 Å². The van der Waals surface area contributed by atoms with Crippen molar-refractivity contribution in [2.45, 2.75) is 57.4 Å². The first kappa shape index (κ1) is 14.0. The number of carbonyl (C=O) groups is 1. The van der Waals surface area contributed by atoms with Crippen molar-refractivity contribution in [2.75, 3.05) is 6.54 Å². The lowest BCUT2D eigenvalue weighted by molar-refractivity contribution is -0.151. The van der Waals surface area contributed by atoms with Gasteiger partial charge in [0.1, 0.15) is 0 Å². The highest BCUT2D eigenvalue weighted by molar-refractivity contribution is 7.80. The summed E-state index contributed by atoms with van der Waals surface area (Å²) >= 11 is 5.22. The molecule has 4 heteroatoms. The van der Waals surface area contributed by atoms with Gasteiger partial charge < -0.3 is 10.6 Å². The molecular weight excluding hydrogens is 280 g/mol. The van der Waals surface area contributed by atoms with Crippen molar-refractivity contribution in [1.82, 2.24) is 4.90 Å². The van der Waals surface area contributed by atoms with Gasteiger partial charge in [0.25, 0.3) is 0 Å². The summed E-state index contributed by atoms with van der Waals surface area (Å²) in [6.07, 6.45) is 9.86. The molecule has 1 amide bonds. The first-order valence-corrected chi connectivity index (χ1v) is 9.14. The molecule has 4 bridgehead atoms. The van der Waals surface area contributed by atoms with E-state index in [0.717, 1.165) is 37.6 Å². The first-order chi connectivity index (χ1) is 10.1. The van der Waals surface area contributed by atoms with Crippen LogP contribution in [0.15, 0.2) is 0 Å². The molecule has 1 saturated heterocycles. The Kier molecular flexibility index (Phi) is 3.48. The van der Waals surface area contributed by atoms with Crippen LogP contribution in [0.25, 0.3) is 0 Å². The molecule has 1 aliphatic heterocycles. The second-order valence-corrected chi connectivity index (χ2v) is 8.37. The number of likely N-dealkylation sites (tertiary alicyclic amines) is 1. The maximum absolute atomic E-state index is 13.2. The number of amides is 1. The molecule has 5 fully saturated rings. The van der Waals surface area contributed by atoms with Gasteiger partial charge >= 0.3 is 0 Å². The Labute approximate surface area is 132 Å². The molecule has 1 heterocycles. The van der Waals surface area contributed by atoms with Gasteiger partial charge in [-0.1, -0.05) is 12.2 Å². The molecule has 5 aliphatic rings. The lowest BCUT2D eigenvalue weighted by atomic mass is 9.51. The van der Waals surface area contributed by atoms with E-state index < -0.39 is 0 Å². The number of piperidine rings is 1. The molecule has 2 N–H and O–H groups in total. The van der Waals surface area contributed by atoms with Gasteiger partial charge in [0.05, 0.1) is 11.0 Å². The third-order valence-electron chi connectivity index (χ3n) is 6.63. The van der Waals surface area contributed by atoms with E-state index in [0.29, 0.717) is 22.7 Å². The molecule has 0 spiro atoms. The summed E-state index contributed by atoms with van der Waals surface area (Å²) < 4.78 is 0. The molecule has 0 aromatic rings.